The normalized spacial score (nSPS) is 12.6. The van der Waals surface area contributed by atoms with Gasteiger partial charge in [-0.1, -0.05) is 11.8 Å². The Bertz CT molecular complexity index is 974. The second kappa shape index (κ2) is 8.64. The van der Waals surface area contributed by atoms with E-state index in [0.717, 1.165) is 17.7 Å². The number of aromatic nitrogens is 4. The van der Waals surface area contributed by atoms with Crippen LogP contribution in [-0.4, -0.2) is 30.9 Å². The summed E-state index contributed by atoms with van der Waals surface area (Å²) in [6.07, 6.45) is -1.09. The number of carbonyl (C=O) groups excluding carboxylic acids is 1. The van der Waals surface area contributed by atoms with Crippen molar-refractivity contribution in [2.24, 2.45) is 0 Å². The summed E-state index contributed by atoms with van der Waals surface area (Å²) in [4.78, 5) is 16.4. The lowest BCUT2D eigenvalue weighted by Gasteiger charge is -2.13. The molecule has 2 heterocycles. The molecule has 29 heavy (non-hydrogen) atoms. The fourth-order valence-electron chi connectivity index (χ4n) is 2.57. The molecule has 0 saturated carbocycles. The smallest absolute Gasteiger partial charge is 0.325 e. The Labute approximate surface area is 169 Å². The quantitative estimate of drug-likeness (QED) is 0.594. The van der Waals surface area contributed by atoms with Gasteiger partial charge in [0.25, 0.3) is 0 Å². The molecule has 1 atom stereocenters. The van der Waals surface area contributed by atoms with E-state index in [1.54, 1.807) is 19.3 Å². The molecule has 3 rings (SSSR count). The number of carbonyl (C=O) groups is 1. The van der Waals surface area contributed by atoms with E-state index >= 15 is 0 Å². The Morgan fingerprint density at radius 2 is 1.79 bits per heavy atom. The molecule has 0 aliphatic rings. The number of rotatable bonds is 6. The first-order valence-electron chi connectivity index (χ1n) is 8.78. The Morgan fingerprint density at radius 1 is 1.14 bits per heavy atom. The van der Waals surface area contributed by atoms with Gasteiger partial charge in [0, 0.05) is 30.2 Å². The molecule has 0 radical (unpaired) electrons. The first-order chi connectivity index (χ1) is 13.8. The molecule has 0 saturated heterocycles. The number of nitrogens with zero attached hydrogens (tertiary/aromatic N) is 4. The van der Waals surface area contributed by atoms with Crippen molar-refractivity contribution >= 4 is 23.4 Å². The van der Waals surface area contributed by atoms with Crippen molar-refractivity contribution in [2.75, 3.05) is 5.32 Å². The van der Waals surface area contributed by atoms with Crippen LogP contribution < -0.4 is 5.32 Å². The number of nitrogens with one attached hydrogen (secondary N) is 1. The second-order valence-electron chi connectivity index (χ2n) is 6.11. The molecule has 1 N–H and O–H groups in total. The molecule has 0 spiro atoms. The average Bonchev–Trinajstić information content (AvgIpc) is 3.10. The predicted octanol–water partition coefficient (Wildman–Crippen LogP) is 4.50. The van der Waals surface area contributed by atoms with Crippen molar-refractivity contribution in [1.29, 1.82) is 0 Å². The number of thioether (sulfide) groups is 1. The number of benzene rings is 1. The minimum atomic E-state index is -4.41. The highest BCUT2D eigenvalue weighted by Gasteiger charge is 2.30. The molecule has 1 unspecified atom stereocenters. The van der Waals surface area contributed by atoms with Gasteiger partial charge in [0.15, 0.2) is 11.0 Å². The fraction of sp³-hybridized carbons (Fsp3) is 0.263. The van der Waals surface area contributed by atoms with Crippen LogP contribution in [0.5, 0.6) is 0 Å². The van der Waals surface area contributed by atoms with Crippen LogP contribution in [0.4, 0.5) is 18.9 Å². The van der Waals surface area contributed by atoms with Crippen LogP contribution in [0.3, 0.4) is 0 Å². The van der Waals surface area contributed by atoms with Gasteiger partial charge in [-0.05, 0) is 50.2 Å². The molecular weight excluding hydrogens is 403 g/mol. The van der Waals surface area contributed by atoms with Crippen LogP contribution in [0.15, 0.2) is 53.9 Å². The minimum Gasteiger partial charge on any atom is -0.325 e. The maximum absolute atomic E-state index is 12.6. The number of pyridine rings is 1. The maximum atomic E-state index is 12.6. The minimum absolute atomic E-state index is 0.296. The van der Waals surface area contributed by atoms with Crippen molar-refractivity contribution in [2.45, 2.75) is 37.0 Å². The standard InChI is InChI=1S/C19H18F3N5OS/c1-3-27-16(13-8-10-23-11-9-13)25-26-18(27)29-12(2)17(28)24-15-6-4-14(5-7-15)19(20,21)22/h4-12H,3H2,1-2H3,(H,24,28). The van der Waals surface area contributed by atoms with E-state index in [1.807, 2.05) is 23.6 Å². The molecule has 10 heteroatoms. The fourth-order valence-corrected chi connectivity index (χ4v) is 3.49. The monoisotopic (exact) mass is 421 g/mol. The van der Waals surface area contributed by atoms with Gasteiger partial charge in [-0.2, -0.15) is 13.2 Å². The van der Waals surface area contributed by atoms with Crippen molar-refractivity contribution in [1.82, 2.24) is 19.7 Å². The van der Waals surface area contributed by atoms with Gasteiger partial charge in [-0.25, -0.2) is 0 Å². The summed E-state index contributed by atoms with van der Waals surface area (Å²) in [7, 11) is 0. The van der Waals surface area contributed by atoms with Gasteiger partial charge in [0.1, 0.15) is 0 Å². The molecule has 152 valence electrons. The first kappa shape index (κ1) is 20.8. The van der Waals surface area contributed by atoms with Crippen LogP contribution in [0, 0.1) is 0 Å². The zero-order valence-electron chi connectivity index (χ0n) is 15.6. The average molecular weight is 421 g/mol. The van der Waals surface area contributed by atoms with Gasteiger partial charge in [0.05, 0.1) is 10.8 Å². The van der Waals surface area contributed by atoms with E-state index in [1.165, 1.54) is 23.9 Å². The predicted molar refractivity (Wildman–Crippen MR) is 104 cm³/mol. The van der Waals surface area contributed by atoms with Crippen LogP contribution in [0.2, 0.25) is 0 Å². The Morgan fingerprint density at radius 3 is 2.38 bits per heavy atom. The van der Waals surface area contributed by atoms with Crippen LogP contribution in [0.25, 0.3) is 11.4 Å². The molecule has 0 fully saturated rings. The van der Waals surface area contributed by atoms with E-state index in [2.05, 4.69) is 20.5 Å². The summed E-state index contributed by atoms with van der Waals surface area (Å²) in [6, 6.07) is 7.98. The summed E-state index contributed by atoms with van der Waals surface area (Å²) in [5, 5.41) is 11.1. The highest BCUT2D eigenvalue weighted by Crippen LogP contribution is 2.30. The van der Waals surface area contributed by atoms with Crippen molar-refractivity contribution in [3.8, 4) is 11.4 Å². The summed E-state index contributed by atoms with van der Waals surface area (Å²) in [6.45, 7) is 4.26. The molecule has 2 aromatic heterocycles. The third kappa shape index (κ3) is 4.94. The van der Waals surface area contributed by atoms with Gasteiger partial charge in [-0.3, -0.25) is 9.78 Å². The Balaban J connectivity index is 1.69. The zero-order chi connectivity index (χ0) is 21.0. The number of anilines is 1. The Hall–Kier alpha value is -2.88. The number of hydrogen-bond donors (Lipinski definition) is 1. The topological polar surface area (TPSA) is 72.7 Å². The lowest BCUT2D eigenvalue weighted by molar-refractivity contribution is -0.137. The molecule has 1 amide bonds. The molecule has 3 aromatic rings. The highest BCUT2D eigenvalue weighted by molar-refractivity contribution is 8.00. The number of alkyl halides is 3. The van der Waals surface area contributed by atoms with E-state index in [0.29, 0.717) is 23.2 Å². The third-order valence-electron chi connectivity index (χ3n) is 4.10. The Kier molecular flexibility index (Phi) is 6.21. The van der Waals surface area contributed by atoms with Gasteiger partial charge < -0.3 is 9.88 Å². The number of halogens is 3. The van der Waals surface area contributed by atoms with E-state index in [-0.39, 0.29) is 5.91 Å². The van der Waals surface area contributed by atoms with E-state index in [4.69, 9.17) is 0 Å². The summed E-state index contributed by atoms with van der Waals surface area (Å²) in [5.41, 5.74) is 0.394. The summed E-state index contributed by atoms with van der Waals surface area (Å²) < 4.78 is 39.8. The van der Waals surface area contributed by atoms with Gasteiger partial charge in [0.2, 0.25) is 5.91 Å². The lowest BCUT2D eigenvalue weighted by Crippen LogP contribution is -2.23. The summed E-state index contributed by atoms with van der Waals surface area (Å²) >= 11 is 1.23. The molecule has 6 nitrogen and oxygen atoms in total. The third-order valence-corrected chi connectivity index (χ3v) is 5.18. The van der Waals surface area contributed by atoms with Crippen molar-refractivity contribution < 1.29 is 18.0 Å². The lowest BCUT2D eigenvalue weighted by atomic mass is 10.2. The number of amides is 1. The van der Waals surface area contributed by atoms with Crippen LogP contribution in [0.1, 0.15) is 19.4 Å². The number of hydrogen-bond acceptors (Lipinski definition) is 5. The largest absolute Gasteiger partial charge is 0.416 e. The first-order valence-corrected chi connectivity index (χ1v) is 9.66. The van der Waals surface area contributed by atoms with Gasteiger partial charge >= 0.3 is 6.18 Å². The van der Waals surface area contributed by atoms with Crippen molar-refractivity contribution in [3.63, 3.8) is 0 Å². The van der Waals surface area contributed by atoms with Crippen LogP contribution >= 0.6 is 11.8 Å². The van der Waals surface area contributed by atoms with Crippen LogP contribution in [-0.2, 0) is 17.5 Å². The molecule has 0 aliphatic carbocycles. The zero-order valence-corrected chi connectivity index (χ0v) is 16.5. The maximum Gasteiger partial charge on any atom is 0.416 e. The SMILES string of the molecule is CCn1c(SC(C)C(=O)Nc2ccc(C(F)(F)F)cc2)nnc1-c1ccncc1. The summed E-state index contributed by atoms with van der Waals surface area (Å²) in [5.74, 6) is 0.332. The van der Waals surface area contributed by atoms with Crippen molar-refractivity contribution in [3.05, 3.63) is 54.4 Å². The van der Waals surface area contributed by atoms with E-state index in [9.17, 15) is 18.0 Å². The van der Waals surface area contributed by atoms with Gasteiger partial charge in [-0.15, -0.1) is 10.2 Å². The molecule has 0 aliphatic heterocycles. The second-order valence-corrected chi connectivity index (χ2v) is 7.42. The molecule has 1 aromatic carbocycles. The highest BCUT2D eigenvalue weighted by atomic mass is 32.2. The molecule has 0 bridgehead atoms. The van der Waals surface area contributed by atoms with E-state index < -0.39 is 17.0 Å². The molecular formula is C19H18F3N5OS.